The Labute approximate surface area is 147 Å². The summed E-state index contributed by atoms with van der Waals surface area (Å²) in [5.41, 5.74) is 1.69. The Morgan fingerprint density at radius 1 is 1.08 bits per heavy atom. The lowest BCUT2D eigenvalue weighted by atomic mass is 10.2. The maximum atomic E-state index is 12.3. The number of hydrogen-bond acceptors (Lipinski definition) is 4. The number of aromatic nitrogens is 2. The van der Waals surface area contributed by atoms with Gasteiger partial charge in [-0.25, -0.2) is 0 Å². The number of H-pyrrole nitrogens is 2. The molecule has 0 bridgehead atoms. The van der Waals surface area contributed by atoms with E-state index in [9.17, 15) is 9.59 Å². The summed E-state index contributed by atoms with van der Waals surface area (Å²) in [6.45, 7) is 1.69. The number of hydrogen-bond donors (Lipinski definition) is 3. The van der Waals surface area contributed by atoms with E-state index in [1.165, 1.54) is 6.07 Å². The van der Waals surface area contributed by atoms with Gasteiger partial charge in [0.2, 0.25) is 0 Å². The van der Waals surface area contributed by atoms with Crippen LogP contribution in [-0.4, -0.2) is 16.1 Å². The highest BCUT2D eigenvalue weighted by molar-refractivity contribution is 6.33. The van der Waals surface area contributed by atoms with Crippen LogP contribution in [0, 0.1) is 6.92 Å². The number of aryl methyl sites for hydroxylation is 1. The molecule has 3 N–H and O–H groups in total. The molecule has 0 spiro atoms. The summed E-state index contributed by atoms with van der Waals surface area (Å²) < 4.78 is 0. The number of carbonyl (C=O) groups is 1. The van der Waals surface area contributed by atoms with Crippen molar-refractivity contribution in [1.82, 2.24) is 10.2 Å². The molecule has 0 fully saturated rings. The minimum absolute atomic E-state index is 0.162. The Morgan fingerprint density at radius 2 is 1.84 bits per heavy atom. The Hall–Kier alpha value is -3.19. The van der Waals surface area contributed by atoms with Gasteiger partial charge in [-0.05, 0) is 37.3 Å². The maximum Gasteiger partial charge on any atom is 0.291 e. The normalized spacial score (nSPS) is 11.0. The van der Waals surface area contributed by atoms with Gasteiger partial charge in [0.25, 0.3) is 11.5 Å². The molecule has 0 aliphatic heterocycles. The van der Waals surface area contributed by atoms with Gasteiger partial charge >= 0.3 is 0 Å². The van der Waals surface area contributed by atoms with Gasteiger partial charge in [0.15, 0.2) is 5.69 Å². The van der Waals surface area contributed by atoms with E-state index in [-0.39, 0.29) is 17.2 Å². The third-order valence-electron chi connectivity index (χ3n) is 3.43. The van der Waals surface area contributed by atoms with E-state index in [1.54, 1.807) is 31.2 Å². The van der Waals surface area contributed by atoms with Crippen molar-refractivity contribution in [2.24, 2.45) is 10.2 Å². The third kappa shape index (κ3) is 3.84. The van der Waals surface area contributed by atoms with Crippen LogP contribution in [0.1, 0.15) is 16.1 Å². The van der Waals surface area contributed by atoms with Gasteiger partial charge in [-0.1, -0.05) is 29.8 Å². The molecule has 0 aliphatic rings. The molecular formula is C17H14ClN5O2. The number of nitrogens with one attached hydrogen (secondary N) is 3. The fourth-order valence-electron chi connectivity index (χ4n) is 2.12. The van der Waals surface area contributed by atoms with Crippen molar-refractivity contribution < 1.29 is 4.79 Å². The fourth-order valence-corrected chi connectivity index (χ4v) is 2.27. The zero-order valence-corrected chi connectivity index (χ0v) is 14.0. The van der Waals surface area contributed by atoms with Crippen molar-refractivity contribution in [3.05, 3.63) is 75.2 Å². The second kappa shape index (κ2) is 7.14. The van der Waals surface area contributed by atoms with E-state index < -0.39 is 0 Å². The number of carbonyl (C=O) groups excluding carboxylic acids is 1. The number of anilines is 1. The van der Waals surface area contributed by atoms with E-state index >= 15 is 0 Å². The highest BCUT2D eigenvalue weighted by atomic mass is 35.5. The summed E-state index contributed by atoms with van der Waals surface area (Å²) in [5.74, 6) is -0.296. The molecule has 0 radical (unpaired) electrons. The molecule has 25 heavy (non-hydrogen) atoms. The number of nitrogens with zero attached hydrogens (tertiary/aromatic N) is 2. The van der Waals surface area contributed by atoms with E-state index in [4.69, 9.17) is 11.6 Å². The van der Waals surface area contributed by atoms with Gasteiger partial charge in [-0.3, -0.25) is 14.7 Å². The molecule has 3 rings (SSSR count). The lowest BCUT2D eigenvalue weighted by Crippen LogP contribution is -2.11. The predicted octanol–water partition coefficient (Wildman–Crippen LogP) is 4.33. The van der Waals surface area contributed by atoms with Crippen LogP contribution in [0.2, 0.25) is 5.02 Å². The van der Waals surface area contributed by atoms with Crippen molar-refractivity contribution in [2.75, 3.05) is 5.32 Å². The molecule has 0 aliphatic carbocycles. The van der Waals surface area contributed by atoms with Crippen LogP contribution >= 0.6 is 11.6 Å². The summed E-state index contributed by atoms with van der Waals surface area (Å²) in [5, 5.41) is 16.1. The molecule has 0 saturated heterocycles. The average molecular weight is 356 g/mol. The van der Waals surface area contributed by atoms with Crippen LogP contribution < -0.4 is 10.9 Å². The Balaban J connectivity index is 1.85. The molecule has 0 unspecified atom stereocenters. The molecule has 8 heteroatoms. The first-order chi connectivity index (χ1) is 12.0. The van der Waals surface area contributed by atoms with E-state index in [0.29, 0.717) is 27.7 Å². The summed E-state index contributed by atoms with van der Waals surface area (Å²) >= 11 is 6.10. The van der Waals surface area contributed by atoms with E-state index in [1.807, 2.05) is 18.2 Å². The molecule has 0 atom stereocenters. The molecular weight excluding hydrogens is 342 g/mol. The fraction of sp³-hybridized carbons (Fsp3) is 0.0588. The van der Waals surface area contributed by atoms with Crippen molar-refractivity contribution >= 4 is 34.6 Å². The smallest absolute Gasteiger partial charge is 0.291 e. The zero-order chi connectivity index (χ0) is 17.8. The van der Waals surface area contributed by atoms with Gasteiger partial charge in [0.05, 0.1) is 10.7 Å². The second-order valence-electron chi connectivity index (χ2n) is 5.24. The number of halogens is 1. The first-order valence-corrected chi connectivity index (χ1v) is 7.77. The minimum atomic E-state index is -0.379. The van der Waals surface area contributed by atoms with Crippen LogP contribution in [-0.2, 0) is 0 Å². The Kier molecular flexibility index (Phi) is 4.76. The summed E-state index contributed by atoms with van der Waals surface area (Å²) in [7, 11) is 0. The Bertz CT molecular complexity index is 992. The lowest BCUT2D eigenvalue weighted by Gasteiger charge is -2.06. The first kappa shape index (κ1) is 16.7. The van der Waals surface area contributed by atoms with E-state index in [2.05, 4.69) is 25.7 Å². The van der Waals surface area contributed by atoms with Crippen LogP contribution in [0.3, 0.4) is 0 Å². The van der Waals surface area contributed by atoms with Gasteiger partial charge in [-0.2, -0.15) is 0 Å². The molecule has 1 heterocycles. The van der Waals surface area contributed by atoms with Gasteiger partial charge in [-0.15, -0.1) is 10.2 Å². The molecule has 3 aromatic rings. The number of rotatable bonds is 4. The zero-order valence-electron chi connectivity index (χ0n) is 13.2. The number of aromatic amines is 2. The average Bonchev–Trinajstić information content (AvgIpc) is 2.93. The van der Waals surface area contributed by atoms with Crippen molar-refractivity contribution in [3.63, 3.8) is 0 Å². The molecule has 1 amide bonds. The maximum absolute atomic E-state index is 12.3. The minimum Gasteiger partial charge on any atom is -0.322 e. The van der Waals surface area contributed by atoms with Crippen LogP contribution in [0.5, 0.6) is 0 Å². The number of benzene rings is 2. The van der Waals surface area contributed by atoms with Gasteiger partial charge in [0.1, 0.15) is 5.69 Å². The number of amides is 1. The van der Waals surface area contributed by atoms with Gasteiger partial charge < -0.3 is 10.4 Å². The van der Waals surface area contributed by atoms with Crippen LogP contribution in [0.15, 0.2) is 63.6 Å². The number of azo groups is 1. The third-order valence-corrected chi connectivity index (χ3v) is 3.75. The first-order valence-electron chi connectivity index (χ1n) is 7.39. The van der Waals surface area contributed by atoms with Crippen molar-refractivity contribution in [2.45, 2.75) is 6.92 Å². The molecule has 2 aromatic carbocycles. The Morgan fingerprint density at radius 3 is 2.52 bits per heavy atom. The summed E-state index contributed by atoms with van der Waals surface area (Å²) in [6, 6.07) is 13.8. The topological polar surface area (TPSA) is 102 Å². The molecule has 0 saturated carbocycles. The van der Waals surface area contributed by atoms with Crippen molar-refractivity contribution in [3.8, 4) is 0 Å². The van der Waals surface area contributed by atoms with E-state index in [0.717, 1.165) is 0 Å². The summed E-state index contributed by atoms with van der Waals surface area (Å²) in [6.07, 6.45) is 0. The highest BCUT2D eigenvalue weighted by Gasteiger charge is 2.10. The number of para-hydroxylation sites is 1. The predicted molar refractivity (Wildman–Crippen MR) is 96.2 cm³/mol. The molecule has 7 nitrogen and oxygen atoms in total. The second-order valence-corrected chi connectivity index (χ2v) is 5.65. The molecule has 126 valence electrons. The standard InChI is InChI=1S/C17H14ClN5O2/c1-10-15(17(25)23-20-10)22-21-14-9-11(7-8-13(14)18)16(24)19-12-5-3-2-4-6-12/h2-9H,1H3,(H,19,24)(H2,20,23,25). The SMILES string of the molecule is Cc1[nH][nH]c(=O)c1N=Nc1cc(C(=O)Nc2ccccc2)ccc1Cl. The largest absolute Gasteiger partial charge is 0.322 e. The quantitative estimate of drug-likeness (QED) is 0.606. The van der Waals surface area contributed by atoms with Gasteiger partial charge in [0, 0.05) is 11.3 Å². The highest BCUT2D eigenvalue weighted by Crippen LogP contribution is 2.28. The monoisotopic (exact) mass is 355 g/mol. The lowest BCUT2D eigenvalue weighted by molar-refractivity contribution is 0.102. The van der Waals surface area contributed by atoms with Crippen LogP contribution in [0.4, 0.5) is 17.1 Å². The molecule has 1 aromatic heterocycles. The van der Waals surface area contributed by atoms with Crippen LogP contribution in [0.25, 0.3) is 0 Å². The van der Waals surface area contributed by atoms with Crippen molar-refractivity contribution in [1.29, 1.82) is 0 Å². The summed E-state index contributed by atoms with van der Waals surface area (Å²) in [4.78, 5) is 23.9.